The third-order valence-corrected chi connectivity index (χ3v) is 3.27. The van der Waals surface area contributed by atoms with Crippen molar-refractivity contribution in [1.82, 2.24) is 4.98 Å². The highest BCUT2D eigenvalue weighted by molar-refractivity contribution is 9.10. The van der Waals surface area contributed by atoms with E-state index in [1.165, 1.54) is 33.5 Å². The van der Waals surface area contributed by atoms with Crippen LogP contribution in [-0.2, 0) is 4.79 Å². The summed E-state index contributed by atoms with van der Waals surface area (Å²) >= 11 is 1.47. The first-order chi connectivity index (χ1) is 8.50. The summed E-state index contributed by atoms with van der Waals surface area (Å²) in [4.78, 5) is 14.8. The molecule has 0 aromatic carbocycles. The minimum absolute atomic E-state index is 0.287. The van der Waals surface area contributed by atoms with Crippen LogP contribution >= 0.6 is 15.9 Å². The number of alkyl halides is 7. The molecule has 0 unspecified atom stereocenters. The van der Waals surface area contributed by atoms with Crippen LogP contribution in [0.4, 0.5) is 32.0 Å². The highest BCUT2D eigenvalue weighted by atomic mass is 79.9. The Morgan fingerprint density at radius 2 is 1.68 bits per heavy atom. The van der Waals surface area contributed by atoms with Crippen molar-refractivity contribution in [2.75, 3.05) is 5.32 Å². The number of nitrogens with zero attached hydrogens (tertiary/aromatic N) is 1. The van der Waals surface area contributed by atoms with E-state index in [4.69, 9.17) is 0 Å². The van der Waals surface area contributed by atoms with E-state index in [0.29, 0.717) is 0 Å². The molecule has 3 nitrogen and oxygen atoms in total. The normalized spacial score (nSPS) is 13.2. The van der Waals surface area contributed by atoms with Crippen LogP contribution < -0.4 is 5.32 Å². The molecule has 0 fully saturated rings. The number of carbonyl (C=O) groups is 1. The molecule has 0 radical (unpaired) electrons. The maximum absolute atomic E-state index is 12.5. The van der Waals surface area contributed by atoms with Crippen LogP contribution in [0.2, 0.25) is 0 Å². The van der Waals surface area contributed by atoms with Gasteiger partial charge in [-0.15, -0.1) is 0 Å². The molecule has 1 rings (SSSR count). The number of anilines is 1. The fourth-order valence-corrected chi connectivity index (χ4v) is 1.17. The Hall–Kier alpha value is -1.32. The van der Waals surface area contributed by atoms with Gasteiger partial charge in [0.05, 0.1) is 11.9 Å². The van der Waals surface area contributed by atoms with Crippen molar-refractivity contribution >= 4 is 27.5 Å². The molecule has 0 saturated carbocycles. The number of amides is 1. The molecule has 0 saturated heterocycles. The van der Waals surface area contributed by atoms with Crippen LogP contribution in [0.1, 0.15) is 0 Å². The molecule has 1 amide bonds. The standard InChI is InChI=1S/C9H5BrF6N2O/c10-7(8(11,12)13,9(14,15)16)6(19)18-5-2-1-3-17-4-5/h1-4H,(H,18,19). The lowest BCUT2D eigenvalue weighted by Gasteiger charge is -2.30. The Morgan fingerprint density at radius 1 is 1.16 bits per heavy atom. The number of pyridine rings is 1. The van der Waals surface area contributed by atoms with Crippen LogP contribution in [0.15, 0.2) is 24.5 Å². The van der Waals surface area contributed by atoms with Gasteiger partial charge in [-0.2, -0.15) is 26.3 Å². The number of carbonyl (C=O) groups excluding carboxylic acids is 1. The first-order valence-electron chi connectivity index (χ1n) is 4.54. The summed E-state index contributed by atoms with van der Waals surface area (Å²) in [5.41, 5.74) is -0.287. The number of rotatable bonds is 2. The van der Waals surface area contributed by atoms with Crippen LogP contribution in [0.25, 0.3) is 0 Å². The Bertz CT molecular complexity index is 444. The topological polar surface area (TPSA) is 42.0 Å². The fourth-order valence-electron chi connectivity index (χ4n) is 1.07. The van der Waals surface area contributed by atoms with Crippen molar-refractivity contribution in [3.8, 4) is 0 Å². The Balaban J connectivity index is 3.11. The van der Waals surface area contributed by atoms with E-state index in [9.17, 15) is 31.1 Å². The van der Waals surface area contributed by atoms with E-state index in [1.807, 2.05) is 0 Å². The molecule has 1 N–H and O–H groups in total. The molecule has 0 bridgehead atoms. The largest absolute Gasteiger partial charge is 0.421 e. The second-order valence-electron chi connectivity index (χ2n) is 3.35. The van der Waals surface area contributed by atoms with Gasteiger partial charge in [-0.05, 0) is 12.1 Å². The maximum atomic E-state index is 12.5. The summed E-state index contributed by atoms with van der Waals surface area (Å²) in [5, 5.41) is 1.51. The van der Waals surface area contributed by atoms with E-state index in [2.05, 4.69) is 4.98 Å². The fraction of sp³-hybridized carbons (Fsp3) is 0.333. The van der Waals surface area contributed by atoms with Crippen molar-refractivity contribution in [2.45, 2.75) is 16.7 Å². The average molecular weight is 351 g/mol. The first kappa shape index (κ1) is 15.7. The lowest BCUT2D eigenvalue weighted by atomic mass is 10.1. The van der Waals surface area contributed by atoms with Gasteiger partial charge in [-0.1, -0.05) is 15.9 Å². The molecule has 1 aromatic heterocycles. The smallest absolute Gasteiger partial charge is 0.323 e. The Morgan fingerprint density at radius 3 is 2.05 bits per heavy atom. The third-order valence-electron chi connectivity index (χ3n) is 2.01. The number of hydrogen-bond donors (Lipinski definition) is 1. The highest BCUT2D eigenvalue weighted by Gasteiger charge is 2.74. The molecule has 106 valence electrons. The van der Waals surface area contributed by atoms with Crippen molar-refractivity contribution in [3.63, 3.8) is 0 Å². The summed E-state index contributed by atoms with van der Waals surface area (Å²) in [5.74, 6) is -2.29. The molecule has 0 atom stereocenters. The van der Waals surface area contributed by atoms with Crippen LogP contribution in [0.5, 0.6) is 0 Å². The molecule has 0 spiro atoms. The minimum atomic E-state index is -5.85. The molecular weight excluding hydrogens is 346 g/mol. The zero-order valence-electron chi connectivity index (χ0n) is 8.81. The van der Waals surface area contributed by atoms with Crippen LogP contribution in [0.3, 0.4) is 0 Å². The number of hydrogen-bond acceptors (Lipinski definition) is 2. The Kier molecular flexibility index (Phi) is 4.13. The molecular formula is C9H5BrF6N2O. The summed E-state index contributed by atoms with van der Waals surface area (Å²) in [6.07, 6.45) is -9.54. The van der Waals surface area contributed by atoms with Gasteiger partial charge in [0.25, 0.3) is 10.2 Å². The second-order valence-corrected chi connectivity index (χ2v) is 4.54. The maximum Gasteiger partial charge on any atom is 0.421 e. The molecule has 1 heterocycles. The number of halogens is 7. The van der Waals surface area contributed by atoms with Crippen LogP contribution in [-0.4, -0.2) is 27.6 Å². The second kappa shape index (κ2) is 4.99. The third kappa shape index (κ3) is 2.99. The molecule has 0 aliphatic rings. The van der Waals surface area contributed by atoms with E-state index >= 15 is 0 Å². The summed E-state index contributed by atoms with van der Waals surface area (Å²) in [7, 11) is 0. The summed E-state index contributed by atoms with van der Waals surface area (Å²) in [6, 6.07) is 2.35. The average Bonchev–Trinajstić information content (AvgIpc) is 2.26. The van der Waals surface area contributed by atoms with E-state index in [1.54, 1.807) is 0 Å². The monoisotopic (exact) mass is 350 g/mol. The van der Waals surface area contributed by atoms with Crippen molar-refractivity contribution < 1.29 is 31.1 Å². The van der Waals surface area contributed by atoms with Gasteiger partial charge >= 0.3 is 12.4 Å². The summed E-state index contributed by atoms with van der Waals surface area (Å²) in [6.45, 7) is 0. The predicted octanol–water partition coefficient (Wildman–Crippen LogP) is 3.28. The number of aromatic nitrogens is 1. The zero-order valence-corrected chi connectivity index (χ0v) is 10.4. The molecule has 10 heteroatoms. The zero-order chi connectivity index (χ0) is 14.9. The van der Waals surface area contributed by atoms with Gasteiger partial charge in [0.15, 0.2) is 0 Å². The lowest BCUT2D eigenvalue weighted by molar-refractivity contribution is -0.253. The predicted molar refractivity (Wildman–Crippen MR) is 56.6 cm³/mol. The number of nitrogens with one attached hydrogen (secondary N) is 1. The molecule has 0 aliphatic heterocycles. The molecule has 19 heavy (non-hydrogen) atoms. The van der Waals surface area contributed by atoms with Gasteiger partial charge in [0.1, 0.15) is 0 Å². The lowest BCUT2D eigenvalue weighted by Crippen LogP contribution is -2.59. The molecule has 0 aliphatic carbocycles. The minimum Gasteiger partial charge on any atom is -0.323 e. The van der Waals surface area contributed by atoms with Gasteiger partial charge in [0, 0.05) is 6.20 Å². The van der Waals surface area contributed by atoms with Gasteiger partial charge in [-0.3, -0.25) is 9.78 Å². The van der Waals surface area contributed by atoms with E-state index in [0.717, 1.165) is 12.3 Å². The van der Waals surface area contributed by atoms with E-state index in [-0.39, 0.29) is 5.69 Å². The van der Waals surface area contributed by atoms with Gasteiger partial charge in [0.2, 0.25) is 0 Å². The van der Waals surface area contributed by atoms with Gasteiger partial charge in [-0.25, -0.2) is 0 Å². The summed E-state index contributed by atoms with van der Waals surface area (Å²) < 4.78 is 70.4. The van der Waals surface area contributed by atoms with Gasteiger partial charge < -0.3 is 5.32 Å². The molecule has 1 aromatic rings. The van der Waals surface area contributed by atoms with Crippen LogP contribution in [0, 0.1) is 0 Å². The quantitative estimate of drug-likeness (QED) is 0.657. The van der Waals surface area contributed by atoms with Crippen molar-refractivity contribution in [1.29, 1.82) is 0 Å². The first-order valence-corrected chi connectivity index (χ1v) is 5.33. The Labute approximate surface area is 111 Å². The van der Waals surface area contributed by atoms with Crippen molar-refractivity contribution in [2.24, 2.45) is 0 Å². The highest BCUT2D eigenvalue weighted by Crippen LogP contribution is 2.49. The van der Waals surface area contributed by atoms with Crippen molar-refractivity contribution in [3.05, 3.63) is 24.5 Å². The van der Waals surface area contributed by atoms with E-state index < -0.39 is 22.6 Å². The SMILES string of the molecule is O=C(Nc1cccnc1)C(Br)(C(F)(F)F)C(F)(F)F.